The summed E-state index contributed by atoms with van der Waals surface area (Å²) in [5.74, 6) is 0.348. The molecular formula is C26H21N5O3. The van der Waals surface area contributed by atoms with Gasteiger partial charge >= 0.3 is 0 Å². The Bertz CT molecular complexity index is 1510. The Morgan fingerprint density at radius 3 is 2.62 bits per heavy atom. The zero-order valence-corrected chi connectivity index (χ0v) is 18.1. The summed E-state index contributed by atoms with van der Waals surface area (Å²) in [6.07, 6.45) is 3.48. The van der Waals surface area contributed by atoms with Crippen LogP contribution in [0.25, 0.3) is 16.7 Å². The van der Waals surface area contributed by atoms with Crippen molar-refractivity contribution in [3.63, 3.8) is 0 Å². The topological polar surface area (TPSA) is 102 Å². The molecule has 0 aliphatic rings. The minimum atomic E-state index is -0.316. The maximum Gasteiger partial charge on any atom is 0.262 e. The predicted molar refractivity (Wildman–Crippen MR) is 129 cm³/mol. The molecule has 1 amide bonds. The van der Waals surface area contributed by atoms with Crippen LogP contribution in [0, 0.1) is 0 Å². The molecule has 0 radical (unpaired) electrons. The Hall–Kier alpha value is -4.72. The highest BCUT2D eigenvalue weighted by molar-refractivity contribution is 5.94. The maximum atomic E-state index is 12.8. The number of hydrogen-bond donors (Lipinski definition) is 2. The lowest BCUT2D eigenvalue weighted by Gasteiger charge is -2.14. The van der Waals surface area contributed by atoms with Gasteiger partial charge in [0.2, 0.25) is 0 Å². The first kappa shape index (κ1) is 21.1. The number of aromatic nitrogens is 4. The minimum Gasteiger partial charge on any atom is -0.483 e. The van der Waals surface area contributed by atoms with Gasteiger partial charge in [0.05, 0.1) is 23.9 Å². The maximum absolute atomic E-state index is 12.8. The van der Waals surface area contributed by atoms with Crippen LogP contribution in [-0.4, -0.2) is 32.3 Å². The lowest BCUT2D eigenvalue weighted by Crippen LogP contribution is -2.21. The summed E-state index contributed by atoms with van der Waals surface area (Å²) in [7, 11) is 0. The van der Waals surface area contributed by atoms with Crippen molar-refractivity contribution in [2.75, 3.05) is 11.9 Å². The Kier molecular flexibility index (Phi) is 5.85. The van der Waals surface area contributed by atoms with E-state index in [-0.39, 0.29) is 18.1 Å². The van der Waals surface area contributed by atoms with Crippen LogP contribution in [0.2, 0.25) is 0 Å². The van der Waals surface area contributed by atoms with Crippen molar-refractivity contribution in [1.82, 2.24) is 19.7 Å². The molecule has 5 aromatic rings. The summed E-state index contributed by atoms with van der Waals surface area (Å²) in [5.41, 5.74) is 3.41. The second-order valence-corrected chi connectivity index (χ2v) is 7.65. The number of hydrogen-bond acceptors (Lipinski definition) is 5. The minimum absolute atomic E-state index is 0.155. The molecule has 2 N–H and O–H groups in total. The number of aromatic amines is 1. The standard InChI is InChI=1S/C26H21N5O3/c32-24(16-34-23-13-7-4-10-19(23)14-18-8-2-1-3-9-18)30-21-11-5-6-12-22(21)31-25-20(15-29-31)26(33)28-17-27-25/h1-13,15,17H,14,16H2,(H,30,32)(H,27,28,33). The highest BCUT2D eigenvalue weighted by atomic mass is 16.5. The number of ether oxygens (including phenoxy) is 1. The average Bonchev–Trinajstić information content (AvgIpc) is 3.30. The van der Waals surface area contributed by atoms with Crippen molar-refractivity contribution in [2.24, 2.45) is 0 Å². The van der Waals surface area contributed by atoms with Gasteiger partial charge in [-0.05, 0) is 29.3 Å². The zero-order valence-electron chi connectivity index (χ0n) is 18.1. The van der Waals surface area contributed by atoms with E-state index in [0.717, 1.165) is 11.1 Å². The van der Waals surface area contributed by atoms with E-state index in [9.17, 15) is 9.59 Å². The molecule has 0 atom stereocenters. The van der Waals surface area contributed by atoms with E-state index >= 15 is 0 Å². The van der Waals surface area contributed by atoms with Gasteiger partial charge in [0, 0.05) is 6.42 Å². The quantitative estimate of drug-likeness (QED) is 0.393. The van der Waals surface area contributed by atoms with Crippen LogP contribution in [0.15, 0.2) is 96.2 Å². The van der Waals surface area contributed by atoms with Gasteiger partial charge in [0.25, 0.3) is 11.5 Å². The van der Waals surface area contributed by atoms with Crippen LogP contribution in [-0.2, 0) is 11.2 Å². The number of amides is 1. The van der Waals surface area contributed by atoms with E-state index in [4.69, 9.17) is 4.74 Å². The molecule has 0 spiro atoms. The zero-order chi connectivity index (χ0) is 23.3. The predicted octanol–water partition coefficient (Wildman–Crippen LogP) is 3.72. The number of carbonyl (C=O) groups is 1. The monoisotopic (exact) mass is 451 g/mol. The second-order valence-electron chi connectivity index (χ2n) is 7.65. The molecule has 0 bridgehead atoms. The van der Waals surface area contributed by atoms with Gasteiger partial charge in [-0.15, -0.1) is 0 Å². The Morgan fingerprint density at radius 1 is 0.971 bits per heavy atom. The van der Waals surface area contributed by atoms with Crippen molar-refractivity contribution >= 4 is 22.6 Å². The summed E-state index contributed by atoms with van der Waals surface area (Å²) < 4.78 is 7.39. The fourth-order valence-corrected chi connectivity index (χ4v) is 3.73. The summed E-state index contributed by atoms with van der Waals surface area (Å²) in [6.45, 7) is -0.155. The molecule has 0 saturated heterocycles. The highest BCUT2D eigenvalue weighted by Crippen LogP contribution is 2.23. The number of nitrogens with zero attached hydrogens (tertiary/aromatic N) is 3. The SMILES string of the molecule is O=C(COc1ccccc1Cc1ccccc1)Nc1ccccc1-n1ncc2c(=O)[nH]cnc21. The van der Waals surface area contributed by atoms with Crippen LogP contribution in [0.4, 0.5) is 5.69 Å². The number of benzene rings is 3. The average molecular weight is 451 g/mol. The molecule has 2 aromatic heterocycles. The van der Waals surface area contributed by atoms with Crippen molar-refractivity contribution in [3.8, 4) is 11.4 Å². The van der Waals surface area contributed by atoms with E-state index in [1.54, 1.807) is 18.2 Å². The number of para-hydroxylation sites is 3. The summed E-state index contributed by atoms with van der Waals surface area (Å²) >= 11 is 0. The first-order valence-corrected chi connectivity index (χ1v) is 10.7. The third-order valence-electron chi connectivity index (χ3n) is 5.35. The first-order valence-electron chi connectivity index (χ1n) is 10.7. The van der Waals surface area contributed by atoms with Crippen LogP contribution < -0.4 is 15.6 Å². The molecule has 34 heavy (non-hydrogen) atoms. The number of carbonyl (C=O) groups excluding carboxylic acids is 1. The fourth-order valence-electron chi connectivity index (χ4n) is 3.73. The van der Waals surface area contributed by atoms with Crippen LogP contribution in [0.1, 0.15) is 11.1 Å². The third kappa shape index (κ3) is 4.42. The van der Waals surface area contributed by atoms with Crippen molar-refractivity contribution < 1.29 is 9.53 Å². The van der Waals surface area contributed by atoms with Crippen molar-refractivity contribution in [3.05, 3.63) is 113 Å². The molecule has 8 heteroatoms. The molecule has 3 aromatic carbocycles. The molecule has 0 saturated carbocycles. The summed E-state index contributed by atoms with van der Waals surface area (Å²) in [4.78, 5) is 31.5. The van der Waals surface area contributed by atoms with E-state index in [0.29, 0.717) is 34.6 Å². The van der Waals surface area contributed by atoms with E-state index in [2.05, 4.69) is 32.5 Å². The molecule has 8 nitrogen and oxygen atoms in total. The number of anilines is 1. The number of nitrogens with one attached hydrogen (secondary N) is 2. The Labute approximate surface area is 194 Å². The molecule has 5 rings (SSSR count). The molecule has 0 unspecified atom stereocenters. The van der Waals surface area contributed by atoms with Gasteiger partial charge in [0.15, 0.2) is 12.3 Å². The number of fused-ring (bicyclic) bond motifs is 1. The van der Waals surface area contributed by atoms with Crippen LogP contribution >= 0.6 is 0 Å². The molecule has 2 heterocycles. The molecule has 0 fully saturated rings. The first-order chi connectivity index (χ1) is 16.7. The van der Waals surface area contributed by atoms with Gasteiger partial charge in [-0.3, -0.25) is 9.59 Å². The largest absolute Gasteiger partial charge is 0.483 e. The highest BCUT2D eigenvalue weighted by Gasteiger charge is 2.14. The van der Waals surface area contributed by atoms with Crippen LogP contribution in [0.3, 0.4) is 0 Å². The van der Waals surface area contributed by atoms with Gasteiger partial charge in [0.1, 0.15) is 11.1 Å². The number of rotatable bonds is 7. The van der Waals surface area contributed by atoms with E-state index < -0.39 is 0 Å². The molecule has 0 aliphatic carbocycles. The van der Waals surface area contributed by atoms with Crippen molar-refractivity contribution in [2.45, 2.75) is 6.42 Å². The summed E-state index contributed by atoms with van der Waals surface area (Å²) in [5, 5.41) is 7.53. The van der Waals surface area contributed by atoms with Gasteiger partial charge in [-0.2, -0.15) is 5.10 Å². The normalized spacial score (nSPS) is 10.8. The van der Waals surface area contributed by atoms with E-state index in [1.165, 1.54) is 17.2 Å². The fraction of sp³-hybridized carbons (Fsp3) is 0.0769. The second kappa shape index (κ2) is 9.41. The number of H-pyrrole nitrogens is 1. The van der Waals surface area contributed by atoms with Gasteiger partial charge in [-0.1, -0.05) is 60.7 Å². The van der Waals surface area contributed by atoms with Gasteiger partial charge < -0.3 is 15.0 Å². The van der Waals surface area contributed by atoms with Crippen molar-refractivity contribution in [1.29, 1.82) is 0 Å². The smallest absolute Gasteiger partial charge is 0.262 e. The third-order valence-corrected chi connectivity index (χ3v) is 5.35. The van der Waals surface area contributed by atoms with Crippen LogP contribution in [0.5, 0.6) is 5.75 Å². The molecule has 168 valence electrons. The molecule has 0 aliphatic heterocycles. The Balaban J connectivity index is 1.32. The lowest BCUT2D eigenvalue weighted by molar-refractivity contribution is -0.118. The molecular weight excluding hydrogens is 430 g/mol. The van der Waals surface area contributed by atoms with E-state index in [1.807, 2.05) is 48.5 Å². The summed E-state index contributed by atoms with van der Waals surface area (Å²) in [6, 6.07) is 25.0. The van der Waals surface area contributed by atoms with Gasteiger partial charge in [-0.25, -0.2) is 9.67 Å². The Morgan fingerprint density at radius 2 is 1.74 bits per heavy atom. The lowest BCUT2D eigenvalue weighted by atomic mass is 10.0.